The Morgan fingerprint density at radius 1 is 1.08 bits per heavy atom. The maximum Gasteiger partial charge on any atom is 0.250 e. The lowest BCUT2D eigenvalue weighted by molar-refractivity contribution is -0.118. The van der Waals surface area contributed by atoms with Crippen molar-refractivity contribution >= 4 is 23.4 Å². The number of rotatable bonds is 6. The summed E-state index contributed by atoms with van der Waals surface area (Å²) < 4.78 is 1.88. The van der Waals surface area contributed by atoms with Gasteiger partial charge in [-0.25, -0.2) is 5.43 Å². The number of thioether (sulfide) groups is 1. The normalized spacial score (nSPS) is 11.4. The average Bonchev–Trinajstić information content (AvgIpc) is 3.06. The van der Waals surface area contributed by atoms with Gasteiger partial charge in [-0.2, -0.15) is 5.10 Å². The molecule has 0 spiro atoms. The highest BCUT2D eigenvalue weighted by molar-refractivity contribution is 7.99. The lowest BCUT2D eigenvalue weighted by Crippen LogP contribution is -2.21. The third-order valence-corrected chi connectivity index (χ3v) is 4.76. The Hall–Kier alpha value is -2.93. The van der Waals surface area contributed by atoms with E-state index in [4.69, 9.17) is 0 Å². The van der Waals surface area contributed by atoms with Crippen LogP contribution in [0.25, 0.3) is 11.4 Å². The zero-order valence-electron chi connectivity index (χ0n) is 14.6. The molecule has 0 bridgehead atoms. The highest BCUT2D eigenvalue weighted by Crippen LogP contribution is 2.22. The molecule has 0 saturated heterocycles. The first-order valence-electron chi connectivity index (χ1n) is 8.11. The molecule has 0 atom stereocenters. The van der Waals surface area contributed by atoms with Crippen LogP contribution in [0.4, 0.5) is 0 Å². The molecule has 0 aliphatic heterocycles. The zero-order chi connectivity index (χ0) is 18.4. The van der Waals surface area contributed by atoms with Crippen LogP contribution in [0.5, 0.6) is 0 Å². The van der Waals surface area contributed by atoms with Crippen LogP contribution in [-0.4, -0.2) is 32.1 Å². The molecular formula is C19H19N5OS. The molecule has 1 N–H and O–H groups in total. The third-order valence-electron chi connectivity index (χ3n) is 3.74. The number of hydrogen-bond donors (Lipinski definition) is 1. The fraction of sp³-hybridized carbons (Fsp3) is 0.158. The van der Waals surface area contributed by atoms with Gasteiger partial charge in [-0.15, -0.1) is 10.2 Å². The average molecular weight is 365 g/mol. The van der Waals surface area contributed by atoms with Crippen LogP contribution in [0, 0.1) is 0 Å². The van der Waals surface area contributed by atoms with E-state index >= 15 is 0 Å². The van der Waals surface area contributed by atoms with Gasteiger partial charge in [-0.3, -0.25) is 4.79 Å². The van der Waals surface area contributed by atoms with Crippen LogP contribution >= 0.6 is 11.8 Å². The lowest BCUT2D eigenvalue weighted by Gasteiger charge is -2.04. The van der Waals surface area contributed by atoms with E-state index in [0.717, 1.165) is 22.7 Å². The van der Waals surface area contributed by atoms with Crippen molar-refractivity contribution in [3.8, 4) is 11.4 Å². The second-order valence-electron chi connectivity index (χ2n) is 5.62. The SMILES string of the molecule is CC(=NNC(=O)CSc1nnc(-c2ccccc2)n1C)c1ccccc1. The molecule has 1 heterocycles. The number of carbonyl (C=O) groups is 1. The molecule has 3 rings (SSSR count). The predicted octanol–water partition coefficient (Wildman–Crippen LogP) is 3.11. The number of hydrazone groups is 1. The predicted molar refractivity (Wildman–Crippen MR) is 104 cm³/mol. The van der Waals surface area contributed by atoms with Crippen molar-refractivity contribution in [3.63, 3.8) is 0 Å². The summed E-state index contributed by atoms with van der Waals surface area (Å²) in [6, 6.07) is 19.5. The second kappa shape index (κ2) is 8.44. The van der Waals surface area contributed by atoms with Crippen molar-refractivity contribution < 1.29 is 4.79 Å². The van der Waals surface area contributed by atoms with Crippen molar-refractivity contribution in [1.29, 1.82) is 0 Å². The summed E-state index contributed by atoms with van der Waals surface area (Å²) in [7, 11) is 1.89. The van der Waals surface area contributed by atoms with E-state index in [0.29, 0.717) is 5.16 Å². The summed E-state index contributed by atoms with van der Waals surface area (Å²) in [5.41, 5.74) is 5.30. The van der Waals surface area contributed by atoms with Gasteiger partial charge in [0.15, 0.2) is 11.0 Å². The molecular weight excluding hydrogens is 346 g/mol. The number of benzene rings is 2. The number of nitrogens with zero attached hydrogens (tertiary/aromatic N) is 4. The molecule has 3 aromatic rings. The monoisotopic (exact) mass is 365 g/mol. The Labute approximate surface area is 156 Å². The van der Waals surface area contributed by atoms with Crippen LogP contribution < -0.4 is 5.43 Å². The highest BCUT2D eigenvalue weighted by atomic mass is 32.2. The lowest BCUT2D eigenvalue weighted by atomic mass is 10.1. The molecule has 0 radical (unpaired) electrons. The Balaban J connectivity index is 1.58. The maximum atomic E-state index is 12.0. The van der Waals surface area contributed by atoms with Crippen LogP contribution in [0.15, 0.2) is 70.9 Å². The first kappa shape index (κ1) is 17.9. The van der Waals surface area contributed by atoms with Gasteiger partial charge >= 0.3 is 0 Å². The quantitative estimate of drug-likeness (QED) is 0.414. The minimum absolute atomic E-state index is 0.186. The van der Waals surface area contributed by atoms with Crippen LogP contribution in [0.1, 0.15) is 12.5 Å². The Kier molecular flexibility index (Phi) is 5.80. The molecule has 7 heteroatoms. The van der Waals surface area contributed by atoms with E-state index in [1.54, 1.807) is 0 Å². The molecule has 0 aliphatic carbocycles. The molecule has 6 nitrogen and oxygen atoms in total. The molecule has 0 saturated carbocycles. The molecule has 0 unspecified atom stereocenters. The second-order valence-corrected chi connectivity index (χ2v) is 6.56. The van der Waals surface area contributed by atoms with Gasteiger partial charge in [0.25, 0.3) is 5.91 Å². The summed E-state index contributed by atoms with van der Waals surface area (Å²) >= 11 is 1.33. The fourth-order valence-electron chi connectivity index (χ4n) is 2.33. The van der Waals surface area contributed by atoms with Gasteiger partial charge in [-0.1, -0.05) is 72.4 Å². The summed E-state index contributed by atoms with van der Waals surface area (Å²) in [5.74, 6) is 0.799. The van der Waals surface area contributed by atoms with Gasteiger partial charge in [-0.05, 0) is 12.5 Å². The molecule has 2 aromatic carbocycles. The smallest absolute Gasteiger partial charge is 0.250 e. The van der Waals surface area contributed by atoms with Crippen molar-refractivity contribution in [3.05, 3.63) is 66.2 Å². The van der Waals surface area contributed by atoms with Crippen molar-refractivity contribution in [2.45, 2.75) is 12.1 Å². The molecule has 1 aromatic heterocycles. The van der Waals surface area contributed by atoms with Crippen molar-refractivity contribution in [1.82, 2.24) is 20.2 Å². The fourth-order valence-corrected chi connectivity index (χ4v) is 3.04. The van der Waals surface area contributed by atoms with Crippen molar-refractivity contribution in [2.75, 3.05) is 5.75 Å². The summed E-state index contributed by atoms with van der Waals surface area (Å²) in [6.07, 6.45) is 0. The van der Waals surface area contributed by atoms with E-state index < -0.39 is 0 Å². The number of nitrogens with one attached hydrogen (secondary N) is 1. The Bertz CT molecular complexity index is 906. The standard InChI is InChI=1S/C19H19N5OS/c1-14(15-9-5-3-6-10-15)20-21-17(25)13-26-19-23-22-18(24(19)2)16-11-7-4-8-12-16/h3-12H,13H2,1-2H3,(H,21,25). The van der Waals surface area contributed by atoms with E-state index in [1.807, 2.05) is 79.2 Å². The van der Waals surface area contributed by atoms with Crippen molar-refractivity contribution in [2.24, 2.45) is 12.1 Å². The number of amides is 1. The van der Waals surface area contributed by atoms with Gasteiger partial charge in [0.2, 0.25) is 0 Å². The molecule has 26 heavy (non-hydrogen) atoms. The van der Waals surface area contributed by atoms with Crippen LogP contribution in [-0.2, 0) is 11.8 Å². The van der Waals surface area contributed by atoms with E-state index in [2.05, 4.69) is 20.7 Å². The Morgan fingerprint density at radius 2 is 1.73 bits per heavy atom. The molecule has 1 amide bonds. The first-order valence-corrected chi connectivity index (χ1v) is 9.10. The topological polar surface area (TPSA) is 72.2 Å². The number of hydrogen-bond acceptors (Lipinski definition) is 5. The van der Waals surface area contributed by atoms with Gasteiger partial charge in [0.1, 0.15) is 0 Å². The van der Waals surface area contributed by atoms with E-state index in [1.165, 1.54) is 11.8 Å². The summed E-state index contributed by atoms with van der Waals surface area (Å²) in [4.78, 5) is 12.0. The molecule has 132 valence electrons. The minimum atomic E-state index is -0.186. The van der Waals surface area contributed by atoms with Gasteiger partial charge in [0.05, 0.1) is 11.5 Å². The first-order chi connectivity index (χ1) is 12.6. The highest BCUT2D eigenvalue weighted by Gasteiger charge is 2.12. The van der Waals surface area contributed by atoms with Crippen LogP contribution in [0.2, 0.25) is 0 Å². The van der Waals surface area contributed by atoms with Gasteiger partial charge < -0.3 is 4.57 Å². The van der Waals surface area contributed by atoms with E-state index in [-0.39, 0.29) is 11.7 Å². The number of carbonyl (C=O) groups excluding carboxylic acids is 1. The largest absolute Gasteiger partial charge is 0.305 e. The third kappa shape index (κ3) is 4.37. The van der Waals surface area contributed by atoms with E-state index in [9.17, 15) is 4.79 Å². The number of aromatic nitrogens is 3. The Morgan fingerprint density at radius 3 is 2.42 bits per heavy atom. The molecule has 0 aliphatic rings. The maximum absolute atomic E-state index is 12.0. The molecule has 0 fully saturated rings. The summed E-state index contributed by atoms with van der Waals surface area (Å²) in [5, 5.41) is 13.2. The van der Waals surface area contributed by atoms with Gasteiger partial charge in [0, 0.05) is 12.6 Å². The zero-order valence-corrected chi connectivity index (χ0v) is 15.4. The van der Waals surface area contributed by atoms with Crippen LogP contribution in [0.3, 0.4) is 0 Å². The minimum Gasteiger partial charge on any atom is -0.305 e. The summed E-state index contributed by atoms with van der Waals surface area (Å²) in [6.45, 7) is 1.86.